The van der Waals surface area contributed by atoms with E-state index in [1.165, 1.54) is 0 Å². The van der Waals surface area contributed by atoms with Crippen LogP contribution in [0.2, 0.25) is 0 Å². The predicted molar refractivity (Wildman–Crippen MR) is 63.4 cm³/mol. The average Bonchev–Trinajstić information content (AvgIpc) is 2.22. The molecule has 0 fully saturated rings. The lowest BCUT2D eigenvalue weighted by atomic mass is 10.1. The maximum atomic E-state index is 9.81. The van der Waals surface area contributed by atoms with E-state index in [4.69, 9.17) is 14.6 Å². The molecule has 4 atom stereocenters. The molecule has 0 aliphatic carbocycles. The Morgan fingerprint density at radius 1 is 1.06 bits per heavy atom. The SMILES string of the molecule is CCCOC(C)C(O)CC(C)OCC(C)O. The number of aliphatic hydroxyl groups excluding tert-OH is 2. The number of rotatable bonds is 9. The van der Waals surface area contributed by atoms with Crippen LogP contribution in [0, 0.1) is 0 Å². The van der Waals surface area contributed by atoms with Crippen molar-refractivity contribution in [2.75, 3.05) is 13.2 Å². The molecule has 0 aromatic rings. The van der Waals surface area contributed by atoms with Gasteiger partial charge in [-0.15, -0.1) is 0 Å². The Hall–Kier alpha value is -0.160. The zero-order chi connectivity index (χ0) is 12.6. The molecule has 16 heavy (non-hydrogen) atoms. The zero-order valence-corrected chi connectivity index (χ0v) is 10.8. The third-order valence-electron chi connectivity index (χ3n) is 2.32. The minimum Gasteiger partial charge on any atom is -0.391 e. The van der Waals surface area contributed by atoms with E-state index in [-0.39, 0.29) is 12.2 Å². The summed E-state index contributed by atoms with van der Waals surface area (Å²) in [5, 5.41) is 18.9. The standard InChI is InChI=1S/C12H26O4/c1-5-6-15-11(4)12(14)7-10(3)16-8-9(2)13/h9-14H,5-8H2,1-4H3. The van der Waals surface area contributed by atoms with E-state index < -0.39 is 12.2 Å². The number of hydrogen-bond donors (Lipinski definition) is 2. The van der Waals surface area contributed by atoms with Gasteiger partial charge in [0.1, 0.15) is 0 Å². The van der Waals surface area contributed by atoms with E-state index in [0.29, 0.717) is 19.6 Å². The van der Waals surface area contributed by atoms with Gasteiger partial charge in [0.25, 0.3) is 0 Å². The molecule has 0 heterocycles. The minimum absolute atomic E-state index is 0.0720. The second kappa shape index (κ2) is 8.93. The van der Waals surface area contributed by atoms with E-state index in [1.807, 2.05) is 20.8 Å². The molecule has 4 heteroatoms. The summed E-state index contributed by atoms with van der Waals surface area (Å²) >= 11 is 0. The Morgan fingerprint density at radius 2 is 1.69 bits per heavy atom. The summed E-state index contributed by atoms with van der Waals surface area (Å²) in [6.07, 6.45) is 0.252. The monoisotopic (exact) mass is 234 g/mol. The summed E-state index contributed by atoms with van der Waals surface area (Å²) in [6, 6.07) is 0. The highest BCUT2D eigenvalue weighted by atomic mass is 16.5. The fourth-order valence-electron chi connectivity index (χ4n) is 1.32. The highest BCUT2D eigenvalue weighted by molar-refractivity contribution is 4.68. The molecule has 0 aromatic heterocycles. The molecule has 0 saturated carbocycles. The molecule has 0 amide bonds. The Morgan fingerprint density at radius 3 is 2.19 bits per heavy atom. The lowest BCUT2D eigenvalue weighted by Crippen LogP contribution is -2.31. The number of hydrogen-bond acceptors (Lipinski definition) is 4. The maximum absolute atomic E-state index is 9.81. The van der Waals surface area contributed by atoms with Crippen LogP contribution in [0.5, 0.6) is 0 Å². The second-order valence-electron chi connectivity index (χ2n) is 4.37. The average molecular weight is 234 g/mol. The topological polar surface area (TPSA) is 58.9 Å². The molecule has 2 N–H and O–H groups in total. The van der Waals surface area contributed by atoms with Crippen molar-refractivity contribution in [1.29, 1.82) is 0 Å². The molecule has 0 radical (unpaired) electrons. The van der Waals surface area contributed by atoms with Gasteiger partial charge in [0.15, 0.2) is 0 Å². The first-order valence-electron chi connectivity index (χ1n) is 6.06. The van der Waals surface area contributed by atoms with Crippen LogP contribution in [0.4, 0.5) is 0 Å². The molecule has 0 aliphatic heterocycles. The van der Waals surface area contributed by atoms with Gasteiger partial charge in [0, 0.05) is 13.0 Å². The van der Waals surface area contributed by atoms with Crippen LogP contribution < -0.4 is 0 Å². The van der Waals surface area contributed by atoms with E-state index in [2.05, 4.69) is 0 Å². The third-order valence-corrected chi connectivity index (χ3v) is 2.32. The van der Waals surface area contributed by atoms with Crippen LogP contribution in [0.1, 0.15) is 40.5 Å². The van der Waals surface area contributed by atoms with Gasteiger partial charge in [-0.1, -0.05) is 6.92 Å². The lowest BCUT2D eigenvalue weighted by molar-refractivity contribution is -0.0634. The summed E-state index contributed by atoms with van der Waals surface area (Å²) < 4.78 is 10.8. The molecular formula is C12H26O4. The zero-order valence-electron chi connectivity index (χ0n) is 10.8. The summed E-state index contributed by atoms with van der Waals surface area (Å²) in [5.41, 5.74) is 0. The third kappa shape index (κ3) is 8.05. The van der Waals surface area contributed by atoms with Crippen LogP contribution in [-0.4, -0.2) is 47.8 Å². The largest absolute Gasteiger partial charge is 0.391 e. The molecular weight excluding hydrogens is 208 g/mol. The molecule has 4 unspecified atom stereocenters. The first-order valence-corrected chi connectivity index (χ1v) is 6.06. The van der Waals surface area contributed by atoms with Crippen molar-refractivity contribution in [2.24, 2.45) is 0 Å². The molecule has 4 nitrogen and oxygen atoms in total. The van der Waals surface area contributed by atoms with Crippen molar-refractivity contribution in [1.82, 2.24) is 0 Å². The van der Waals surface area contributed by atoms with E-state index in [9.17, 15) is 5.11 Å². The predicted octanol–water partition coefficient (Wildman–Crippen LogP) is 1.34. The Balaban J connectivity index is 3.71. The summed E-state index contributed by atoms with van der Waals surface area (Å²) in [4.78, 5) is 0. The first-order chi connectivity index (χ1) is 7.47. The van der Waals surface area contributed by atoms with Crippen LogP contribution >= 0.6 is 0 Å². The normalized spacial score (nSPS) is 19.1. The van der Waals surface area contributed by atoms with E-state index >= 15 is 0 Å². The van der Waals surface area contributed by atoms with Gasteiger partial charge >= 0.3 is 0 Å². The van der Waals surface area contributed by atoms with Crippen LogP contribution in [0.3, 0.4) is 0 Å². The quantitative estimate of drug-likeness (QED) is 0.632. The van der Waals surface area contributed by atoms with Gasteiger partial charge in [-0.05, 0) is 27.2 Å². The van der Waals surface area contributed by atoms with Gasteiger partial charge in [-0.25, -0.2) is 0 Å². The lowest BCUT2D eigenvalue weighted by Gasteiger charge is -2.23. The molecule has 0 aliphatic rings. The van der Waals surface area contributed by atoms with Crippen molar-refractivity contribution < 1.29 is 19.7 Å². The maximum Gasteiger partial charge on any atom is 0.0823 e. The number of aliphatic hydroxyl groups is 2. The summed E-state index contributed by atoms with van der Waals surface area (Å²) in [6.45, 7) is 8.43. The molecule has 0 saturated heterocycles. The Bertz CT molecular complexity index is 161. The Labute approximate surface area is 98.6 Å². The second-order valence-corrected chi connectivity index (χ2v) is 4.37. The molecule has 0 bridgehead atoms. The van der Waals surface area contributed by atoms with Crippen LogP contribution in [0.15, 0.2) is 0 Å². The van der Waals surface area contributed by atoms with Gasteiger partial charge in [0.2, 0.25) is 0 Å². The van der Waals surface area contributed by atoms with Crippen molar-refractivity contribution in [3.63, 3.8) is 0 Å². The summed E-state index contributed by atoms with van der Waals surface area (Å²) in [7, 11) is 0. The highest BCUT2D eigenvalue weighted by Crippen LogP contribution is 2.09. The molecule has 98 valence electrons. The van der Waals surface area contributed by atoms with Crippen LogP contribution in [0.25, 0.3) is 0 Å². The van der Waals surface area contributed by atoms with Gasteiger partial charge in [-0.3, -0.25) is 0 Å². The first kappa shape index (κ1) is 15.8. The van der Waals surface area contributed by atoms with Crippen molar-refractivity contribution >= 4 is 0 Å². The highest BCUT2D eigenvalue weighted by Gasteiger charge is 2.18. The van der Waals surface area contributed by atoms with Gasteiger partial charge < -0.3 is 19.7 Å². The Kier molecular flexibility index (Phi) is 8.84. The molecule has 0 rings (SSSR count). The smallest absolute Gasteiger partial charge is 0.0823 e. The minimum atomic E-state index is -0.518. The molecule has 0 aromatic carbocycles. The van der Waals surface area contributed by atoms with E-state index in [0.717, 1.165) is 6.42 Å². The van der Waals surface area contributed by atoms with Crippen molar-refractivity contribution in [2.45, 2.75) is 65.0 Å². The fraction of sp³-hybridized carbons (Fsp3) is 1.00. The summed E-state index contributed by atoms with van der Waals surface area (Å²) in [5.74, 6) is 0. The van der Waals surface area contributed by atoms with Gasteiger partial charge in [-0.2, -0.15) is 0 Å². The number of ether oxygens (including phenoxy) is 2. The van der Waals surface area contributed by atoms with Crippen molar-refractivity contribution in [3.8, 4) is 0 Å². The van der Waals surface area contributed by atoms with Crippen LogP contribution in [-0.2, 0) is 9.47 Å². The fourth-order valence-corrected chi connectivity index (χ4v) is 1.32. The van der Waals surface area contributed by atoms with E-state index in [1.54, 1.807) is 6.92 Å². The van der Waals surface area contributed by atoms with Crippen molar-refractivity contribution in [3.05, 3.63) is 0 Å². The van der Waals surface area contributed by atoms with Gasteiger partial charge in [0.05, 0.1) is 31.0 Å². The molecule has 0 spiro atoms.